The molecule has 1 aromatic heterocycles. The first-order valence-electron chi connectivity index (χ1n) is 9.89. The van der Waals surface area contributed by atoms with Crippen LogP contribution in [0, 0.1) is 5.92 Å². The van der Waals surface area contributed by atoms with Crippen molar-refractivity contribution in [1.29, 1.82) is 0 Å². The Labute approximate surface area is 174 Å². The van der Waals surface area contributed by atoms with E-state index < -0.39 is 0 Å². The molecule has 1 aromatic carbocycles. The zero-order chi connectivity index (χ0) is 19.5. The molecular weight excluding hydrogens is 399 g/mol. The maximum absolute atomic E-state index is 12.8. The van der Waals surface area contributed by atoms with Gasteiger partial charge in [0.15, 0.2) is 0 Å². The van der Waals surface area contributed by atoms with E-state index in [1.165, 1.54) is 6.42 Å². The summed E-state index contributed by atoms with van der Waals surface area (Å²) in [6.45, 7) is 4.04. The molecule has 0 saturated carbocycles. The fourth-order valence-corrected chi connectivity index (χ4v) is 4.56. The van der Waals surface area contributed by atoms with Crippen molar-refractivity contribution in [3.05, 3.63) is 34.1 Å². The summed E-state index contributed by atoms with van der Waals surface area (Å²) < 4.78 is 5.43. The summed E-state index contributed by atoms with van der Waals surface area (Å²) in [7, 11) is 0. The number of amides is 1. The lowest BCUT2D eigenvalue weighted by atomic mass is 9.95. The highest BCUT2D eigenvalue weighted by Gasteiger charge is 2.30. The first kappa shape index (κ1) is 19.7. The molecule has 1 amide bonds. The van der Waals surface area contributed by atoms with E-state index >= 15 is 0 Å². The molecule has 2 fully saturated rings. The van der Waals surface area contributed by atoms with Crippen LogP contribution in [-0.4, -0.2) is 52.0 Å². The number of piperidine rings is 2. The largest absolute Gasteiger partial charge is 0.342 e. The second-order valence-electron chi connectivity index (χ2n) is 7.60. The van der Waals surface area contributed by atoms with Gasteiger partial charge in [0.25, 0.3) is 0 Å². The van der Waals surface area contributed by atoms with Gasteiger partial charge in [-0.1, -0.05) is 28.4 Å². The zero-order valence-corrected chi connectivity index (χ0v) is 17.3. The quantitative estimate of drug-likeness (QED) is 0.735. The number of aromatic nitrogens is 2. The summed E-state index contributed by atoms with van der Waals surface area (Å²) in [5, 5.41) is 5.11. The van der Waals surface area contributed by atoms with Gasteiger partial charge in [0, 0.05) is 30.2 Å². The molecule has 1 atom stereocenters. The second kappa shape index (κ2) is 8.80. The lowest BCUT2D eigenvalue weighted by Crippen LogP contribution is -2.46. The number of benzene rings is 1. The highest BCUT2D eigenvalue weighted by atomic mass is 35.5. The van der Waals surface area contributed by atoms with Gasteiger partial charge in [0.2, 0.25) is 17.6 Å². The standard InChI is InChI=1S/C20H24Cl2N4O2/c21-15-6-7-16(17(22)11-15)19-23-18(28-24-19)13-25-8-4-5-14(12-25)20(27)26-9-2-1-3-10-26/h6-7,11,14H,1-5,8-10,12-13H2. The molecule has 0 aliphatic carbocycles. The van der Waals surface area contributed by atoms with Crippen LogP contribution in [0.15, 0.2) is 22.7 Å². The molecule has 0 spiro atoms. The topological polar surface area (TPSA) is 62.5 Å². The Morgan fingerprint density at radius 2 is 1.96 bits per heavy atom. The molecule has 0 bridgehead atoms. The maximum Gasteiger partial charge on any atom is 0.241 e. The van der Waals surface area contributed by atoms with Crippen molar-refractivity contribution in [1.82, 2.24) is 19.9 Å². The minimum atomic E-state index is 0.0694. The van der Waals surface area contributed by atoms with E-state index in [2.05, 4.69) is 15.0 Å². The van der Waals surface area contributed by atoms with Crippen LogP contribution < -0.4 is 0 Å². The third kappa shape index (κ3) is 4.50. The second-order valence-corrected chi connectivity index (χ2v) is 8.44. The average Bonchev–Trinajstić information content (AvgIpc) is 3.16. The summed E-state index contributed by atoms with van der Waals surface area (Å²) in [6, 6.07) is 5.20. The minimum Gasteiger partial charge on any atom is -0.342 e. The van der Waals surface area contributed by atoms with E-state index in [9.17, 15) is 4.79 Å². The fourth-order valence-electron chi connectivity index (χ4n) is 4.06. The Morgan fingerprint density at radius 3 is 2.75 bits per heavy atom. The predicted molar refractivity (Wildman–Crippen MR) is 108 cm³/mol. The Bertz CT molecular complexity index is 835. The van der Waals surface area contributed by atoms with Crippen LogP contribution >= 0.6 is 23.2 Å². The van der Waals surface area contributed by atoms with E-state index in [1.54, 1.807) is 18.2 Å². The SMILES string of the molecule is O=C(C1CCCN(Cc2nc(-c3ccc(Cl)cc3Cl)no2)C1)N1CCCCC1. The first-order valence-corrected chi connectivity index (χ1v) is 10.6. The monoisotopic (exact) mass is 422 g/mol. The van der Waals surface area contributed by atoms with E-state index in [-0.39, 0.29) is 5.92 Å². The molecule has 2 aliphatic rings. The van der Waals surface area contributed by atoms with Gasteiger partial charge < -0.3 is 9.42 Å². The Morgan fingerprint density at radius 1 is 1.14 bits per heavy atom. The van der Waals surface area contributed by atoms with Gasteiger partial charge in [0.05, 0.1) is 17.5 Å². The molecule has 1 unspecified atom stereocenters. The average molecular weight is 423 g/mol. The molecule has 28 heavy (non-hydrogen) atoms. The maximum atomic E-state index is 12.8. The van der Waals surface area contributed by atoms with Gasteiger partial charge in [-0.2, -0.15) is 4.98 Å². The Balaban J connectivity index is 1.39. The molecule has 0 radical (unpaired) electrons. The Kier molecular flexibility index (Phi) is 6.19. The molecule has 4 rings (SSSR count). The number of hydrogen-bond donors (Lipinski definition) is 0. The van der Waals surface area contributed by atoms with Crippen LogP contribution in [0.3, 0.4) is 0 Å². The Hall–Kier alpha value is -1.63. The van der Waals surface area contributed by atoms with E-state index in [4.69, 9.17) is 27.7 Å². The summed E-state index contributed by atoms with van der Waals surface area (Å²) in [6.07, 6.45) is 5.45. The third-order valence-corrected chi connectivity index (χ3v) is 6.07. The van der Waals surface area contributed by atoms with Crippen molar-refractivity contribution >= 4 is 29.1 Å². The number of likely N-dealkylation sites (tertiary alicyclic amines) is 2. The summed E-state index contributed by atoms with van der Waals surface area (Å²) in [5.74, 6) is 1.37. The first-order chi connectivity index (χ1) is 13.6. The van der Waals surface area contributed by atoms with Crippen molar-refractivity contribution in [2.24, 2.45) is 5.92 Å². The molecule has 3 heterocycles. The molecular formula is C20H24Cl2N4O2. The number of carbonyl (C=O) groups excluding carboxylic acids is 1. The van der Waals surface area contributed by atoms with Crippen LogP contribution in [0.2, 0.25) is 10.0 Å². The number of hydrogen-bond acceptors (Lipinski definition) is 5. The third-order valence-electron chi connectivity index (χ3n) is 5.52. The van der Waals surface area contributed by atoms with Gasteiger partial charge in [-0.05, 0) is 56.8 Å². The lowest BCUT2D eigenvalue weighted by molar-refractivity contribution is -0.138. The van der Waals surface area contributed by atoms with Crippen molar-refractivity contribution in [2.75, 3.05) is 26.2 Å². The molecule has 6 nitrogen and oxygen atoms in total. The molecule has 0 N–H and O–H groups in total. The fraction of sp³-hybridized carbons (Fsp3) is 0.550. The van der Waals surface area contributed by atoms with E-state index in [1.807, 2.05) is 4.90 Å². The zero-order valence-electron chi connectivity index (χ0n) is 15.7. The van der Waals surface area contributed by atoms with Crippen molar-refractivity contribution in [3.8, 4) is 11.4 Å². The van der Waals surface area contributed by atoms with Crippen molar-refractivity contribution < 1.29 is 9.32 Å². The van der Waals surface area contributed by atoms with Crippen LogP contribution in [0.4, 0.5) is 0 Å². The number of rotatable bonds is 4. The lowest BCUT2D eigenvalue weighted by Gasteiger charge is -2.35. The summed E-state index contributed by atoms with van der Waals surface area (Å²) >= 11 is 12.2. The highest BCUT2D eigenvalue weighted by molar-refractivity contribution is 6.36. The van der Waals surface area contributed by atoms with Gasteiger partial charge in [0.1, 0.15) is 0 Å². The van der Waals surface area contributed by atoms with E-state index in [0.29, 0.717) is 39.8 Å². The van der Waals surface area contributed by atoms with Crippen LogP contribution in [0.25, 0.3) is 11.4 Å². The molecule has 150 valence electrons. The van der Waals surface area contributed by atoms with Crippen molar-refractivity contribution in [2.45, 2.75) is 38.6 Å². The normalized spacial score (nSPS) is 21.1. The minimum absolute atomic E-state index is 0.0694. The van der Waals surface area contributed by atoms with Gasteiger partial charge in [-0.15, -0.1) is 0 Å². The highest BCUT2D eigenvalue weighted by Crippen LogP contribution is 2.29. The van der Waals surface area contributed by atoms with Gasteiger partial charge in [-0.25, -0.2) is 0 Å². The smallest absolute Gasteiger partial charge is 0.241 e. The van der Waals surface area contributed by atoms with Gasteiger partial charge in [-0.3, -0.25) is 9.69 Å². The van der Waals surface area contributed by atoms with Crippen LogP contribution in [0.5, 0.6) is 0 Å². The van der Waals surface area contributed by atoms with Crippen molar-refractivity contribution in [3.63, 3.8) is 0 Å². The van der Waals surface area contributed by atoms with E-state index in [0.717, 1.165) is 51.9 Å². The number of halogens is 2. The number of nitrogens with zero attached hydrogens (tertiary/aromatic N) is 4. The molecule has 8 heteroatoms. The van der Waals surface area contributed by atoms with Crippen LogP contribution in [-0.2, 0) is 11.3 Å². The summed E-state index contributed by atoms with van der Waals surface area (Å²) in [5.41, 5.74) is 0.692. The predicted octanol–water partition coefficient (Wildman–Crippen LogP) is 4.27. The summed E-state index contributed by atoms with van der Waals surface area (Å²) in [4.78, 5) is 21.6. The molecule has 2 aliphatic heterocycles. The molecule has 2 saturated heterocycles. The van der Waals surface area contributed by atoms with Crippen LogP contribution in [0.1, 0.15) is 38.0 Å². The number of carbonyl (C=O) groups is 1. The van der Waals surface area contributed by atoms with Gasteiger partial charge >= 0.3 is 0 Å². The molecule has 2 aromatic rings.